The van der Waals surface area contributed by atoms with E-state index < -0.39 is 11.9 Å². The van der Waals surface area contributed by atoms with Crippen molar-refractivity contribution in [3.8, 4) is 5.75 Å². The monoisotopic (exact) mass is 387 g/mol. The summed E-state index contributed by atoms with van der Waals surface area (Å²) < 4.78 is 5.44. The molecule has 2 aromatic rings. The molecule has 1 aliphatic heterocycles. The minimum Gasteiger partial charge on any atom is -0.496 e. The van der Waals surface area contributed by atoms with Crippen molar-refractivity contribution in [1.29, 1.82) is 0 Å². The summed E-state index contributed by atoms with van der Waals surface area (Å²) in [5.41, 5.74) is 2.56. The molecule has 1 aromatic carbocycles. The van der Waals surface area contributed by atoms with Crippen LogP contribution in [0.3, 0.4) is 0 Å². The zero-order valence-corrected chi connectivity index (χ0v) is 15.8. The summed E-state index contributed by atoms with van der Waals surface area (Å²) in [5.74, 6) is -2.66. The van der Waals surface area contributed by atoms with Crippen molar-refractivity contribution < 1.29 is 24.5 Å². The van der Waals surface area contributed by atoms with Gasteiger partial charge in [0, 0.05) is 57.2 Å². The normalized spacial score (nSPS) is 14.6. The molecule has 8 heteroatoms. The molecule has 0 radical (unpaired) electrons. The molecule has 1 aromatic heterocycles. The topological polar surface area (TPSA) is 103 Å². The van der Waals surface area contributed by atoms with E-state index in [1.807, 2.05) is 30.6 Å². The third-order valence-corrected chi connectivity index (χ3v) is 4.36. The number of piperazine rings is 1. The standard InChI is InChI=1S/C18H23N3O.C2H2O4/c1-22-18-7-3-2-6-17(18)15-21-11-9-20(10-12-21)14-16-5-4-8-19-13-16;3-1(4)2(5)6/h2-8,13H,9-12,14-15H2,1H3;(H,3,4)(H,5,6). The molecule has 0 spiro atoms. The number of rotatable bonds is 5. The molecule has 150 valence electrons. The third kappa shape index (κ3) is 6.98. The van der Waals surface area contributed by atoms with E-state index >= 15 is 0 Å². The van der Waals surface area contributed by atoms with Gasteiger partial charge in [-0.25, -0.2) is 9.59 Å². The molecule has 0 saturated carbocycles. The minimum atomic E-state index is -1.82. The molecule has 3 rings (SSSR count). The van der Waals surface area contributed by atoms with Crippen LogP contribution in [-0.4, -0.2) is 70.2 Å². The number of hydrogen-bond acceptors (Lipinski definition) is 6. The molecular formula is C20H25N3O5. The van der Waals surface area contributed by atoms with Gasteiger partial charge in [0.15, 0.2) is 0 Å². The third-order valence-electron chi connectivity index (χ3n) is 4.36. The zero-order chi connectivity index (χ0) is 20.4. The Balaban J connectivity index is 0.000000409. The number of carbonyl (C=O) groups is 2. The predicted octanol–water partition coefficient (Wildman–Crippen LogP) is 1.56. The Morgan fingerprint density at radius 3 is 2.11 bits per heavy atom. The quantitative estimate of drug-likeness (QED) is 0.745. The van der Waals surface area contributed by atoms with Crippen LogP contribution >= 0.6 is 0 Å². The Morgan fingerprint density at radius 2 is 1.57 bits per heavy atom. The van der Waals surface area contributed by atoms with E-state index in [0.717, 1.165) is 45.0 Å². The first-order valence-electron chi connectivity index (χ1n) is 8.91. The van der Waals surface area contributed by atoms with Crippen molar-refractivity contribution in [2.45, 2.75) is 13.1 Å². The molecule has 0 bridgehead atoms. The minimum absolute atomic E-state index is 0.963. The molecular weight excluding hydrogens is 362 g/mol. The van der Waals surface area contributed by atoms with E-state index in [0.29, 0.717) is 0 Å². The van der Waals surface area contributed by atoms with E-state index in [4.69, 9.17) is 24.5 Å². The fourth-order valence-corrected chi connectivity index (χ4v) is 2.93. The summed E-state index contributed by atoms with van der Waals surface area (Å²) in [4.78, 5) is 27.4. The number of benzene rings is 1. The van der Waals surface area contributed by atoms with E-state index in [2.05, 4.69) is 33.0 Å². The molecule has 2 heterocycles. The lowest BCUT2D eigenvalue weighted by molar-refractivity contribution is -0.159. The highest BCUT2D eigenvalue weighted by Gasteiger charge is 2.18. The van der Waals surface area contributed by atoms with Crippen LogP contribution in [0.15, 0.2) is 48.8 Å². The van der Waals surface area contributed by atoms with Crippen molar-refractivity contribution in [3.63, 3.8) is 0 Å². The predicted molar refractivity (Wildman–Crippen MR) is 103 cm³/mol. The van der Waals surface area contributed by atoms with Crippen LogP contribution in [0.25, 0.3) is 0 Å². The molecule has 1 saturated heterocycles. The van der Waals surface area contributed by atoms with Gasteiger partial charge in [0.05, 0.1) is 7.11 Å². The molecule has 8 nitrogen and oxygen atoms in total. The van der Waals surface area contributed by atoms with Crippen molar-refractivity contribution in [2.24, 2.45) is 0 Å². The summed E-state index contributed by atoms with van der Waals surface area (Å²) in [7, 11) is 1.74. The fourth-order valence-electron chi connectivity index (χ4n) is 2.93. The van der Waals surface area contributed by atoms with Gasteiger partial charge in [-0.1, -0.05) is 24.3 Å². The Kier molecular flexibility index (Phi) is 8.38. The van der Waals surface area contributed by atoms with E-state index in [1.165, 1.54) is 11.1 Å². The van der Waals surface area contributed by atoms with Crippen LogP contribution in [0.5, 0.6) is 5.75 Å². The maximum Gasteiger partial charge on any atom is 0.414 e. The number of aliphatic carboxylic acids is 2. The van der Waals surface area contributed by atoms with Gasteiger partial charge in [-0.15, -0.1) is 0 Å². The smallest absolute Gasteiger partial charge is 0.414 e. The van der Waals surface area contributed by atoms with Crippen molar-refractivity contribution >= 4 is 11.9 Å². The van der Waals surface area contributed by atoms with Crippen LogP contribution in [-0.2, 0) is 22.7 Å². The molecule has 1 fully saturated rings. The largest absolute Gasteiger partial charge is 0.496 e. The molecule has 0 amide bonds. The number of para-hydroxylation sites is 1. The Hall–Kier alpha value is -2.97. The molecule has 0 unspecified atom stereocenters. The lowest BCUT2D eigenvalue weighted by Crippen LogP contribution is -2.45. The first-order chi connectivity index (χ1) is 13.5. The van der Waals surface area contributed by atoms with Crippen LogP contribution in [0, 0.1) is 0 Å². The van der Waals surface area contributed by atoms with Gasteiger partial charge in [0.25, 0.3) is 0 Å². The van der Waals surface area contributed by atoms with Gasteiger partial charge < -0.3 is 14.9 Å². The van der Waals surface area contributed by atoms with Crippen LogP contribution in [0.4, 0.5) is 0 Å². The fraction of sp³-hybridized carbons (Fsp3) is 0.350. The van der Waals surface area contributed by atoms with Gasteiger partial charge in [0.2, 0.25) is 0 Å². The SMILES string of the molecule is COc1ccccc1CN1CCN(Cc2cccnc2)CC1.O=C(O)C(=O)O. The number of pyridine rings is 1. The summed E-state index contributed by atoms with van der Waals surface area (Å²) >= 11 is 0. The van der Waals surface area contributed by atoms with Crippen LogP contribution in [0.2, 0.25) is 0 Å². The van der Waals surface area contributed by atoms with Crippen LogP contribution < -0.4 is 4.74 Å². The van der Waals surface area contributed by atoms with Gasteiger partial charge in [-0.3, -0.25) is 14.8 Å². The number of hydrogen-bond donors (Lipinski definition) is 2. The van der Waals surface area contributed by atoms with Gasteiger partial charge in [0.1, 0.15) is 5.75 Å². The second-order valence-electron chi connectivity index (χ2n) is 6.34. The van der Waals surface area contributed by atoms with Crippen molar-refractivity contribution in [2.75, 3.05) is 33.3 Å². The molecule has 0 aliphatic carbocycles. The Morgan fingerprint density at radius 1 is 0.964 bits per heavy atom. The lowest BCUT2D eigenvalue weighted by Gasteiger charge is -2.34. The summed E-state index contributed by atoms with van der Waals surface area (Å²) in [6, 6.07) is 12.4. The number of ether oxygens (including phenoxy) is 1. The number of methoxy groups -OCH3 is 1. The van der Waals surface area contributed by atoms with Crippen molar-refractivity contribution in [1.82, 2.24) is 14.8 Å². The van der Waals surface area contributed by atoms with Gasteiger partial charge in [-0.05, 0) is 17.7 Å². The van der Waals surface area contributed by atoms with Gasteiger partial charge in [-0.2, -0.15) is 0 Å². The molecule has 2 N–H and O–H groups in total. The maximum atomic E-state index is 9.10. The number of nitrogens with zero attached hydrogens (tertiary/aromatic N) is 3. The Bertz CT molecular complexity index is 749. The van der Waals surface area contributed by atoms with E-state index in [-0.39, 0.29) is 0 Å². The average Bonchev–Trinajstić information content (AvgIpc) is 2.71. The second-order valence-corrected chi connectivity index (χ2v) is 6.34. The summed E-state index contributed by atoms with van der Waals surface area (Å²) in [6.45, 7) is 6.35. The van der Waals surface area contributed by atoms with E-state index in [9.17, 15) is 0 Å². The highest BCUT2D eigenvalue weighted by Crippen LogP contribution is 2.20. The number of carboxylic acids is 2. The van der Waals surface area contributed by atoms with E-state index in [1.54, 1.807) is 7.11 Å². The first kappa shape index (κ1) is 21.3. The number of aromatic nitrogens is 1. The maximum absolute atomic E-state index is 9.10. The van der Waals surface area contributed by atoms with Gasteiger partial charge >= 0.3 is 11.9 Å². The van der Waals surface area contributed by atoms with Crippen LogP contribution in [0.1, 0.15) is 11.1 Å². The lowest BCUT2D eigenvalue weighted by atomic mass is 10.1. The highest BCUT2D eigenvalue weighted by molar-refractivity contribution is 6.27. The zero-order valence-electron chi connectivity index (χ0n) is 15.8. The second kappa shape index (κ2) is 11.0. The molecule has 1 aliphatic rings. The average molecular weight is 387 g/mol. The number of carboxylic acid groups (broad SMARTS) is 2. The molecule has 0 atom stereocenters. The van der Waals surface area contributed by atoms with Crippen molar-refractivity contribution in [3.05, 3.63) is 59.9 Å². The summed E-state index contributed by atoms with van der Waals surface area (Å²) in [5, 5.41) is 14.8. The first-order valence-corrected chi connectivity index (χ1v) is 8.91. The highest BCUT2D eigenvalue weighted by atomic mass is 16.5. The Labute approximate surface area is 164 Å². The molecule has 28 heavy (non-hydrogen) atoms. The summed E-state index contributed by atoms with van der Waals surface area (Å²) in [6.07, 6.45) is 3.79.